The Bertz CT molecular complexity index is 430. The Morgan fingerprint density at radius 1 is 1.42 bits per heavy atom. The molecule has 0 aliphatic carbocycles. The van der Waals surface area contributed by atoms with Gasteiger partial charge in [0.2, 0.25) is 5.91 Å². The van der Waals surface area contributed by atoms with Crippen molar-refractivity contribution in [2.75, 3.05) is 26.7 Å². The Balaban J connectivity index is 2.00. The van der Waals surface area contributed by atoms with Crippen molar-refractivity contribution in [3.05, 3.63) is 29.6 Å². The lowest BCUT2D eigenvalue weighted by atomic mass is 10.1. The topological polar surface area (TPSA) is 36.4 Å². The van der Waals surface area contributed by atoms with Crippen LogP contribution in [0.25, 0.3) is 0 Å². The molecule has 1 unspecified atom stereocenters. The molecule has 1 aromatic rings. The molecule has 2 heterocycles. The predicted molar refractivity (Wildman–Crippen MR) is 76.0 cm³/mol. The molecule has 0 bridgehead atoms. The van der Waals surface area contributed by atoms with Gasteiger partial charge in [-0.05, 0) is 32.0 Å². The third kappa shape index (κ3) is 3.53. The quantitative estimate of drug-likeness (QED) is 0.827. The summed E-state index contributed by atoms with van der Waals surface area (Å²) >= 11 is 0. The number of piperazine rings is 1. The summed E-state index contributed by atoms with van der Waals surface area (Å²) in [6, 6.07) is 4.31. The number of aryl methyl sites for hydroxylation is 1. The van der Waals surface area contributed by atoms with E-state index in [4.69, 9.17) is 0 Å². The van der Waals surface area contributed by atoms with Crippen molar-refractivity contribution in [1.82, 2.24) is 14.8 Å². The molecule has 104 valence electrons. The first kappa shape index (κ1) is 14.0. The molecule has 19 heavy (non-hydrogen) atoms. The summed E-state index contributed by atoms with van der Waals surface area (Å²) in [5.41, 5.74) is 1.99. The van der Waals surface area contributed by atoms with Gasteiger partial charge in [0.15, 0.2) is 0 Å². The van der Waals surface area contributed by atoms with Crippen LogP contribution >= 0.6 is 0 Å². The monoisotopic (exact) mass is 261 g/mol. The lowest BCUT2D eigenvalue weighted by Gasteiger charge is -2.39. The van der Waals surface area contributed by atoms with E-state index in [1.807, 2.05) is 30.2 Å². The Kier molecular flexibility index (Phi) is 4.53. The average molecular weight is 261 g/mol. The smallest absolute Gasteiger partial charge is 0.227 e. The van der Waals surface area contributed by atoms with E-state index >= 15 is 0 Å². The highest BCUT2D eigenvalue weighted by molar-refractivity contribution is 5.79. The van der Waals surface area contributed by atoms with E-state index in [0.29, 0.717) is 12.5 Å². The first-order valence-electron chi connectivity index (χ1n) is 6.99. The summed E-state index contributed by atoms with van der Waals surface area (Å²) < 4.78 is 0. The normalized spacial score (nSPS) is 20.6. The SMILES string of the molecule is CCC1CN(C)CCN1C(=O)Cc1ccc(C)nc1. The van der Waals surface area contributed by atoms with Crippen LogP contribution in [0.5, 0.6) is 0 Å². The molecule has 0 radical (unpaired) electrons. The molecule has 4 heteroatoms. The summed E-state index contributed by atoms with van der Waals surface area (Å²) in [5, 5.41) is 0. The summed E-state index contributed by atoms with van der Waals surface area (Å²) in [7, 11) is 2.12. The predicted octanol–water partition coefficient (Wildman–Crippen LogP) is 1.49. The maximum atomic E-state index is 12.4. The minimum atomic E-state index is 0.227. The van der Waals surface area contributed by atoms with E-state index in [2.05, 4.69) is 23.9 Å². The molecule has 1 atom stereocenters. The van der Waals surface area contributed by atoms with Crippen LogP contribution < -0.4 is 0 Å². The van der Waals surface area contributed by atoms with Gasteiger partial charge in [0, 0.05) is 37.6 Å². The van der Waals surface area contributed by atoms with Crippen LogP contribution in [-0.2, 0) is 11.2 Å². The Morgan fingerprint density at radius 2 is 2.21 bits per heavy atom. The van der Waals surface area contributed by atoms with Gasteiger partial charge in [-0.3, -0.25) is 9.78 Å². The van der Waals surface area contributed by atoms with Crippen molar-refractivity contribution in [2.24, 2.45) is 0 Å². The van der Waals surface area contributed by atoms with Crippen molar-refractivity contribution in [2.45, 2.75) is 32.7 Å². The average Bonchev–Trinajstić information content (AvgIpc) is 2.41. The Hall–Kier alpha value is -1.42. The number of hydrogen-bond acceptors (Lipinski definition) is 3. The van der Waals surface area contributed by atoms with Gasteiger partial charge in [0.1, 0.15) is 0 Å². The standard InChI is InChI=1S/C15H23N3O/c1-4-14-11-17(3)7-8-18(14)15(19)9-13-6-5-12(2)16-10-13/h5-6,10,14H,4,7-9,11H2,1-3H3. The third-order valence-electron chi connectivity index (χ3n) is 3.81. The Morgan fingerprint density at radius 3 is 2.84 bits per heavy atom. The van der Waals surface area contributed by atoms with Gasteiger partial charge in [-0.15, -0.1) is 0 Å². The third-order valence-corrected chi connectivity index (χ3v) is 3.81. The molecule has 0 saturated carbocycles. The van der Waals surface area contributed by atoms with Crippen LogP contribution in [0.1, 0.15) is 24.6 Å². The number of amides is 1. The number of likely N-dealkylation sites (N-methyl/N-ethyl adjacent to an activating group) is 1. The zero-order chi connectivity index (χ0) is 13.8. The van der Waals surface area contributed by atoms with E-state index in [0.717, 1.165) is 37.3 Å². The number of nitrogens with zero attached hydrogens (tertiary/aromatic N) is 3. The van der Waals surface area contributed by atoms with E-state index in [1.165, 1.54) is 0 Å². The molecule has 4 nitrogen and oxygen atoms in total. The fourth-order valence-electron chi connectivity index (χ4n) is 2.57. The molecular formula is C15H23N3O. The maximum absolute atomic E-state index is 12.4. The first-order chi connectivity index (χ1) is 9.10. The van der Waals surface area contributed by atoms with Crippen molar-refractivity contribution in [1.29, 1.82) is 0 Å². The molecule has 0 aromatic carbocycles. The summed E-state index contributed by atoms with van der Waals surface area (Å²) in [6.45, 7) is 6.90. The molecule has 1 fully saturated rings. The van der Waals surface area contributed by atoms with Crippen molar-refractivity contribution < 1.29 is 4.79 Å². The van der Waals surface area contributed by atoms with Gasteiger partial charge < -0.3 is 9.80 Å². The van der Waals surface area contributed by atoms with Crippen molar-refractivity contribution in [3.8, 4) is 0 Å². The van der Waals surface area contributed by atoms with Crippen molar-refractivity contribution >= 4 is 5.91 Å². The summed E-state index contributed by atoms with van der Waals surface area (Å²) in [6.07, 6.45) is 3.29. The van der Waals surface area contributed by atoms with E-state index < -0.39 is 0 Å². The zero-order valence-electron chi connectivity index (χ0n) is 12.1. The second kappa shape index (κ2) is 6.15. The second-order valence-electron chi connectivity index (χ2n) is 5.40. The number of carbonyl (C=O) groups is 1. The van der Waals surface area contributed by atoms with Crippen LogP contribution in [0.4, 0.5) is 0 Å². The zero-order valence-corrected chi connectivity index (χ0v) is 12.1. The highest BCUT2D eigenvalue weighted by Crippen LogP contribution is 2.14. The van der Waals surface area contributed by atoms with Gasteiger partial charge in [0.25, 0.3) is 0 Å². The lowest BCUT2D eigenvalue weighted by molar-refractivity contribution is -0.135. The maximum Gasteiger partial charge on any atom is 0.227 e. The van der Waals surface area contributed by atoms with Crippen LogP contribution in [0.15, 0.2) is 18.3 Å². The summed E-state index contributed by atoms with van der Waals surface area (Å²) in [4.78, 5) is 21.0. The van der Waals surface area contributed by atoms with E-state index in [9.17, 15) is 4.79 Å². The molecule has 0 N–H and O–H groups in total. The molecule has 1 amide bonds. The van der Waals surface area contributed by atoms with Crippen LogP contribution in [0.3, 0.4) is 0 Å². The number of rotatable bonds is 3. The van der Waals surface area contributed by atoms with Gasteiger partial charge in [0.05, 0.1) is 6.42 Å². The number of pyridine rings is 1. The second-order valence-corrected chi connectivity index (χ2v) is 5.40. The van der Waals surface area contributed by atoms with Gasteiger partial charge >= 0.3 is 0 Å². The summed E-state index contributed by atoms with van der Waals surface area (Å²) in [5.74, 6) is 0.227. The first-order valence-corrected chi connectivity index (χ1v) is 6.99. The van der Waals surface area contributed by atoms with Gasteiger partial charge in [-0.1, -0.05) is 13.0 Å². The molecule has 1 aromatic heterocycles. The molecular weight excluding hydrogens is 238 g/mol. The number of hydrogen-bond donors (Lipinski definition) is 0. The molecule has 0 spiro atoms. The fourth-order valence-corrected chi connectivity index (χ4v) is 2.57. The fraction of sp³-hybridized carbons (Fsp3) is 0.600. The minimum Gasteiger partial charge on any atom is -0.337 e. The Labute approximate surface area is 115 Å². The highest BCUT2D eigenvalue weighted by atomic mass is 16.2. The number of carbonyl (C=O) groups excluding carboxylic acids is 1. The molecule has 1 aliphatic rings. The van der Waals surface area contributed by atoms with Crippen LogP contribution in [0.2, 0.25) is 0 Å². The van der Waals surface area contributed by atoms with Gasteiger partial charge in [-0.25, -0.2) is 0 Å². The molecule has 1 aliphatic heterocycles. The number of aromatic nitrogens is 1. The lowest BCUT2D eigenvalue weighted by Crippen LogP contribution is -2.54. The van der Waals surface area contributed by atoms with Gasteiger partial charge in [-0.2, -0.15) is 0 Å². The molecule has 2 rings (SSSR count). The van der Waals surface area contributed by atoms with Crippen molar-refractivity contribution in [3.63, 3.8) is 0 Å². The van der Waals surface area contributed by atoms with E-state index in [-0.39, 0.29) is 5.91 Å². The van der Waals surface area contributed by atoms with Crippen LogP contribution in [0, 0.1) is 6.92 Å². The van der Waals surface area contributed by atoms with E-state index in [1.54, 1.807) is 0 Å². The molecule has 1 saturated heterocycles. The minimum absolute atomic E-state index is 0.227. The highest BCUT2D eigenvalue weighted by Gasteiger charge is 2.27. The largest absolute Gasteiger partial charge is 0.337 e. The van der Waals surface area contributed by atoms with Crippen LogP contribution in [-0.4, -0.2) is 53.4 Å².